The minimum absolute atomic E-state index is 0.250. The monoisotopic (exact) mass is 224 g/mol. The van der Waals surface area contributed by atoms with Crippen LogP contribution in [0.5, 0.6) is 11.5 Å². The zero-order valence-electron chi connectivity index (χ0n) is 9.78. The summed E-state index contributed by atoms with van der Waals surface area (Å²) in [7, 11) is 3.35. The highest BCUT2D eigenvalue weighted by Gasteiger charge is 2.02. The normalized spacial score (nSPS) is 8.44. The van der Waals surface area contributed by atoms with Crippen molar-refractivity contribution in [2.75, 3.05) is 14.2 Å². The molecule has 0 aliphatic heterocycles. The van der Waals surface area contributed by atoms with Gasteiger partial charge in [-0.05, 0) is 18.1 Å². The average Bonchev–Trinajstić information content (AvgIpc) is 2.31. The third-order valence-corrected chi connectivity index (χ3v) is 2.01. The number of methoxy groups -OCH3 is 2. The lowest BCUT2D eigenvalue weighted by Gasteiger charge is -2.08. The molecule has 0 heterocycles. The second-order valence-electron chi connectivity index (χ2n) is 3.01. The standard InChI is InChI=1S/C11H16O2.CO2/c1-4-5-9-6-7-10(12-2)8-11(9)13-3;2-1-3/h6-8H,4-5H2,1-3H3;. The zero-order valence-corrected chi connectivity index (χ0v) is 9.78. The predicted molar refractivity (Wildman–Crippen MR) is 58.5 cm³/mol. The number of hydrogen-bond acceptors (Lipinski definition) is 4. The van der Waals surface area contributed by atoms with Gasteiger partial charge >= 0.3 is 6.15 Å². The van der Waals surface area contributed by atoms with Crippen LogP contribution in [-0.4, -0.2) is 20.4 Å². The van der Waals surface area contributed by atoms with E-state index in [0.29, 0.717) is 0 Å². The first-order chi connectivity index (χ1) is 7.73. The van der Waals surface area contributed by atoms with Gasteiger partial charge in [-0.2, -0.15) is 9.59 Å². The van der Waals surface area contributed by atoms with Crippen LogP contribution in [0.15, 0.2) is 18.2 Å². The fourth-order valence-electron chi connectivity index (χ4n) is 1.33. The fourth-order valence-corrected chi connectivity index (χ4v) is 1.33. The van der Waals surface area contributed by atoms with E-state index in [1.54, 1.807) is 14.2 Å². The van der Waals surface area contributed by atoms with Crippen LogP contribution in [0.1, 0.15) is 18.9 Å². The Bertz CT molecular complexity index is 341. The van der Waals surface area contributed by atoms with Gasteiger partial charge in [-0.3, -0.25) is 0 Å². The van der Waals surface area contributed by atoms with Crippen LogP contribution in [-0.2, 0) is 16.0 Å². The molecule has 0 aromatic heterocycles. The Labute approximate surface area is 95.2 Å². The minimum Gasteiger partial charge on any atom is -0.497 e. The van der Waals surface area contributed by atoms with Crippen LogP contribution < -0.4 is 9.47 Å². The van der Waals surface area contributed by atoms with Crippen molar-refractivity contribution in [3.63, 3.8) is 0 Å². The first-order valence-electron chi connectivity index (χ1n) is 4.93. The molecule has 0 aliphatic rings. The van der Waals surface area contributed by atoms with E-state index in [-0.39, 0.29) is 6.15 Å². The van der Waals surface area contributed by atoms with Crippen LogP contribution >= 0.6 is 0 Å². The van der Waals surface area contributed by atoms with Gasteiger partial charge in [-0.15, -0.1) is 0 Å². The Morgan fingerprint density at radius 2 is 1.81 bits per heavy atom. The molecule has 0 atom stereocenters. The lowest BCUT2D eigenvalue weighted by Crippen LogP contribution is -1.92. The molecule has 0 saturated carbocycles. The quantitative estimate of drug-likeness (QED) is 0.785. The second kappa shape index (κ2) is 8.50. The van der Waals surface area contributed by atoms with Gasteiger partial charge in [0, 0.05) is 6.07 Å². The highest BCUT2D eigenvalue weighted by atomic mass is 16.5. The van der Waals surface area contributed by atoms with Crippen LogP contribution in [0.4, 0.5) is 0 Å². The SMILES string of the molecule is CCCc1ccc(OC)cc1OC.O=C=O. The summed E-state index contributed by atoms with van der Waals surface area (Å²) in [4.78, 5) is 16.2. The summed E-state index contributed by atoms with van der Waals surface area (Å²) in [5.41, 5.74) is 1.24. The van der Waals surface area contributed by atoms with Gasteiger partial charge in [-0.1, -0.05) is 19.4 Å². The molecule has 4 nitrogen and oxygen atoms in total. The summed E-state index contributed by atoms with van der Waals surface area (Å²) in [6, 6.07) is 5.94. The van der Waals surface area contributed by atoms with Gasteiger partial charge in [-0.25, -0.2) is 0 Å². The highest BCUT2D eigenvalue weighted by Crippen LogP contribution is 2.25. The van der Waals surface area contributed by atoms with E-state index in [0.717, 1.165) is 24.3 Å². The summed E-state index contributed by atoms with van der Waals surface area (Å²) >= 11 is 0. The van der Waals surface area contributed by atoms with E-state index >= 15 is 0 Å². The maximum absolute atomic E-state index is 8.12. The molecule has 0 N–H and O–H groups in total. The molecule has 4 heteroatoms. The topological polar surface area (TPSA) is 52.6 Å². The van der Waals surface area contributed by atoms with Crippen molar-refractivity contribution < 1.29 is 19.1 Å². The molecule has 1 rings (SSSR count). The number of aryl methyl sites for hydroxylation is 1. The number of benzene rings is 1. The van der Waals surface area contributed by atoms with Crippen molar-refractivity contribution in [1.29, 1.82) is 0 Å². The molecule has 16 heavy (non-hydrogen) atoms. The van der Waals surface area contributed by atoms with Gasteiger partial charge < -0.3 is 9.47 Å². The van der Waals surface area contributed by atoms with Crippen LogP contribution in [0.3, 0.4) is 0 Å². The third-order valence-electron chi connectivity index (χ3n) is 2.01. The van der Waals surface area contributed by atoms with Gasteiger partial charge in [0.05, 0.1) is 14.2 Å². The molecule has 0 aliphatic carbocycles. The molecule has 1 aromatic rings. The molecule has 0 saturated heterocycles. The van der Waals surface area contributed by atoms with E-state index in [1.807, 2.05) is 12.1 Å². The predicted octanol–water partition coefficient (Wildman–Crippen LogP) is 2.07. The third kappa shape index (κ3) is 4.62. The van der Waals surface area contributed by atoms with Gasteiger partial charge in [0.15, 0.2) is 0 Å². The average molecular weight is 224 g/mol. The summed E-state index contributed by atoms with van der Waals surface area (Å²) in [5, 5.41) is 0. The van der Waals surface area contributed by atoms with E-state index in [9.17, 15) is 0 Å². The minimum atomic E-state index is 0.250. The van der Waals surface area contributed by atoms with Gasteiger partial charge in [0.2, 0.25) is 0 Å². The van der Waals surface area contributed by atoms with E-state index in [4.69, 9.17) is 19.1 Å². The zero-order chi connectivity index (χ0) is 12.4. The molecule has 88 valence electrons. The molecule has 0 unspecified atom stereocenters. The molecular weight excluding hydrogens is 208 g/mol. The number of ether oxygens (including phenoxy) is 2. The molecule has 0 fully saturated rings. The lowest BCUT2D eigenvalue weighted by atomic mass is 10.1. The first-order valence-corrected chi connectivity index (χ1v) is 4.93. The van der Waals surface area contributed by atoms with E-state index in [1.165, 1.54) is 5.56 Å². The summed E-state index contributed by atoms with van der Waals surface area (Å²) in [6.07, 6.45) is 2.43. The van der Waals surface area contributed by atoms with Crippen molar-refractivity contribution in [3.05, 3.63) is 23.8 Å². The van der Waals surface area contributed by atoms with Crippen LogP contribution in [0, 0.1) is 0 Å². The molecule has 0 spiro atoms. The summed E-state index contributed by atoms with van der Waals surface area (Å²) in [5.74, 6) is 1.76. The second-order valence-corrected chi connectivity index (χ2v) is 3.01. The van der Waals surface area contributed by atoms with Crippen molar-refractivity contribution in [1.82, 2.24) is 0 Å². The smallest absolute Gasteiger partial charge is 0.373 e. The first kappa shape index (κ1) is 14.2. The molecule has 0 amide bonds. The van der Waals surface area contributed by atoms with Crippen molar-refractivity contribution in [2.24, 2.45) is 0 Å². The van der Waals surface area contributed by atoms with E-state index < -0.39 is 0 Å². The molecular formula is C12H16O4. The maximum Gasteiger partial charge on any atom is 0.373 e. The summed E-state index contributed by atoms with van der Waals surface area (Å²) in [6.45, 7) is 2.16. The van der Waals surface area contributed by atoms with Gasteiger partial charge in [0.25, 0.3) is 0 Å². The number of hydrogen-bond donors (Lipinski definition) is 0. The van der Waals surface area contributed by atoms with Crippen molar-refractivity contribution in [2.45, 2.75) is 19.8 Å². The Balaban J connectivity index is 0.000000673. The largest absolute Gasteiger partial charge is 0.497 e. The maximum atomic E-state index is 8.12. The Hall–Kier alpha value is -1.80. The number of carbonyl (C=O) groups excluding carboxylic acids is 2. The van der Waals surface area contributed by atoms with Gasteiger partial charge in [0.1, 0.15) is 11.5 Å². The molecule has 0 radical (unpaired) electrons. The summed E-state index contributed by atoms with van der Waals surface area (Å²) < 4.78 is 10.4. The van der Waals surface area contributed by atoms with Crippen molar-refractivity contribution in [3.8, 4) is 11.5 Å². The number of rotatable bonds is 4. The Morgan fingerprint density at radius 3 is 2.25 bits per heavy atom. The molecule has 1 aromatic carbocycles. The highest BCUT2D eigenvalue weighted by molar-refractivity contribution is 5.40. The van der Waals surface area contributed by atoms with Crippen LogP contribution in [0.2, 0.25) is 0 Å². The molecule has 0 bridgehead atoms. The van der Waals surface area contributed by atoms with Crippen molar-refractivity contribution >= 4 is 6.15 Å². The Kier molecular flexibility index (Phi) is 7.55. The van der Waals surface area contributed by atoms with E-state index in [2.05, 4.69) is 13.0 Å². The van der Waals surface area contributed by atoms with Crippen LogP contribution in [0.25, 0.3) is 0 Å². The fraction of sp³-hybridized carbons (Fsp3) is 0.417. The Morgan fingerprint density at radius 1 is 1.19 bits per heavy atom. The lowest BCUT2D eigenvalue weighted by molar-refractivity contribution is -0.191.